The topological polar surface area (TPSA) is 9.23 Å². The van der Waals surface area contributed by atoms with Crippen LogP contribution in [-0.4, -0.2) is 20.4 Å². The number of halogens is 6. The molecule has 0 aliphatic carbocycles. The predicted octanol–water partition coefficient (Wildman–Crippen LogP) is 5.54. The van der Waals surface area contributed by atoms with Crippen molar-refractivity contribution in [3.63, 3.8) is 0 Å². The number of benzene rings is 1. The van der Waals surface area contributed by atoms with Crippen LogP contribution < -0.4 is 0 Å². The molecule has 114 valence electrons. The molecule has 1 rings (SSSR count). The van der Waals surface area contributed by atoms with Crippen LogP contribution >= 0.6 is 15.9 Å². The van der Waals surface area contributed by atoms with E-state index >= 15 is 0 Å². The summed E-state index contributed by atoms with van der Waals surface area (Å²) in [5.74, 6) is -4.94. The van der Waals surface area contributed by atoms with Gasteiger partial charge in [-0.05, 0) is 37.3 Å². The van der Waals surface area contributed by atoms with Gasteiger partial charge in [0.05, 0.1) is 0 Å². The molecule has 0 fully saturated rings. The van der Waals surface area contributed by atoms with Crippen LogP contribution in [0, 0.1) is 0 Å². The minimum absolute atomic E-state index is 0.196. The van der Waals surface area contributed by atoms with Crippen molar-refractivity contribution in [3.05, 3.63) is 34.3 Å². The SMILES string of the molecule is C[Si](C)(C)OC(c1ccc(Br)cc1)C(F)(F)C(F)(F)F. The fourth-order valence-electron chi connectivity index (χ4n) is 1.49. The summed E-state index contributed by atoms with van der Waals surface area (Å²) in [4.78, 5) is 0. The van der Waals surface area contributed by atoms with Crippen molar-refractivity contribution in [1.82, 2.24) is 0 Å². The Bertz CT molecular complexity index is 452. The van der Waals surface area contributed by atoms with Crippen molar-refractivity contribution in [1.29, 1.82) is 0 Å². The smallest absolute Gasteiger partial charge is 0.405 e. The molecule has 0 saturated carbocycles. The largest absolute Gasteiger partial charge is 0.456 e. The minimum Gasteiger partial charge on any atom is -0.405 e. The van der Waals surface area contributed by atoms with Crippen molar-refractivity contribution >= 4 is 24.2 Å². The van der Waals surface area contributed by atoms with E-state index in [2.05, 4.69) is 15.9 Å². The minimum atomic E-state index is -5.66. The first-order valence-electron chi connectivity index (χ1n) is 5.72. The summed E-state index contributed by atoms with van der Waals surface area (Å²) >= 11 is 3.10. The zero-order chi connectivity index (χ0) is 15.8. The monoisotopic (exact) mass is 376 g/mol. The molecule has 0 spiro atoms. The van der Waals surface area contributed by atoms with Crippen LogP contribution in [0.4, 0.5) is 22.0 Å². The molecule has 0 aromatic heterocycles. The Hall–Kier alpha value is -0.473. The highest BCUT2D eigenvalue weighted by Crippen LogP contribution is 2.47. The molecule has 0 aliphatic rings. The third-order valence-corrected chi connectivity index (χ3v) is 3.82. The molecule has 0 aliphatic heterocycles. The van der Waals surface area contributed by atoms with E-state index in [4.69, 9.17) is 4.43 Å². The van der Waals surface area contributed by atoms with Gasteiger partial charge >= 0.3 is 12.1 Å². The van der Waals surface area contributed by atoms with E-state index in [1.807, 2.05) is 0 Å². The molecular weight excluding hydrogens is 363 g/mol. The maximum absolute atomic E-state index is 13.7. The third-order valence-electron chi connectivity index (χ3n) is 2.35. The van der Waals surface area contributed by atoms with E-state index in [0.717, 1.165) is 0 Å². The van der Waals surface area contributed by atoms with Crippen molar-refractivity contribution in [2.45, 2.75) is 37.8 Å². The van der Waals surface area contributed by atoms with Gasteiger partial charge in [-0.15, -0.1) is 0 Å². The van der Waals surface area contributed by atoms with Crippen LogP contribution in [0.2, 0.25) is 19.6 Å². The van der Waals surface area contributed by atoms with Gasteiger partial charge in [-0.1, -0.05) is 28.1 Å². The fourth-order valence-corrected chi connectivity index (χ4v) is 2.75. The lowest BCUT2D eigenvalue weighted by atomic mass is 10.0. The maximum atomic E-state index is 13.7. The van der Waals surface area contributed by atoms with Crippen molar-refractivity contribution in [3.8, 4) is 0 Å². The first kappa shape index (κ1) is 17.6. The molecule has 1 nitrogen and oxygen atoms in total. The summed E-state index contributed by atoms with van der Waals surface area (Å²) in [5.41, 5.74) is -0.196. The number of alkyl halides is 5. The number of hydrogen-bond acceptors (Lipinski definition) is 1. The van der Waals surface area contributed by atoms with Gasteiger partial charge in [0, 0.05) is 4.47 Å². The van der Waals surface area contributed by atoms with Crippen LogP contribution in [-0.2, 0) is 4.43 Å². The van der Waals surface area contributed by atoms with E-state index < -0.39 is 26.5 Å². The molecule has 0 N–H and O–H groups in total. The summed E-state index contributed by atoms with van der Waals surface area (Å²) in [5, 5.41) is 0. The zero-order valence-electron chi connectivity index (χ0n) is 11.1. The highest BCUT2D eigenvalue weighted by Gasteiger charge is 2.64. The number of rotatable bonds is 4. The molecule has 0 radical (unpaired) electrons. The second kappa shape index (κ2) is 5.73. The zero-order valence-corrected chi connectivity index (χ0v) is 13.6. The Morgan fingerprint density at radius 3 is 1.80 bits per heavy atom. The van der Waals surface area contributed by atoms with Gasteiger partial charge in [-0.25, -0.2) is 0 Å². The summed E-state index contributed by atoms with van der Waals surface area (Å²) < 4.78 is 70.8. The Morgan fingerprint density at radius 2 is 1.45 bits per heavy atom. The molecular formula is C12H14BrF5OSi. The maximum Gasteiger partial charge on any atom is 0.456 e. The van der Waals surface area contributed by atoms with Gasteiger partial charge in [0.1, 0.15) is 6.10 Å². The summed E-state index contributed by atoms with van der Waals surface area (Å²) in [6, 6.07) is 5.22. The molecule has 0 saturated heterocycles. The van der Waals surface area contributed by atoms with E-state index in [1.54, 1.807) is 19.6 Å². The van der Waals surface area contributed by atoms with Gasteiger partial charge in [0.15, 0.2) is 8.32 Å². The summed E-state index contributed by atoms with van der Waals surface area (Å²) in [7, 11) is -2.60. The van der Waals surface area contributed by atoms with Gasteiger partial charge in [-0.3, -0.25) is 0 Å². The van der Waals surface area contributed by atoms with Crippen molar-refractivity contribution in [2.75, 3.05) is 0 Å². The first-order valence-corrected chi connectivity index (χ1v) is 9.92. The Kier molecular flexibility index (Phi) is 5.03. The molecule has 0 amide bonds. The van der Waals surface area contributed by atoms with Crippen LogP contribution in [0.5, 0.6) is 0 Å². The van der Waals surface area contributed by atoms with Gasteiger partial charge in [0.2, 0.25) is 0 Å². The Morgan fingerprint density at radius 1 is 1.00 bits per heavy atom. The van der Waals surface area contributed by atoms with E-state index in [0.29, 0.717) is 4.47 Å². The van der Waals surface area contributed by atoms with E-state index in [1.165, 1.54) is 24.3 Å². The quantitative estimate of drug-likeness (QED) is 0.495. The average molecular weight is 377 g/mol. The van der Waals surface area contributed by atoms with E-state index in [9.17, 15) is 22.0 Å². The average Bonchev–Trinajstić information content (AvgIpc) is 2.24. The van der Waals surface area contributed by atoms with E-state index in [-0.39, 0.29) is 5.56 Å². The lowest BCUT2D eigenvalue weighted by Crippen LogP contribution is -2.46. The van der Waals surface area contributed by atoms with Crippen molar-refractivity contribution < 1.29 is 26.4 Å². The van der Waals surface area contributed by atoms with Crippen LogP contribution in [0.3, 0.4) is 0 Å². The second-order valence-corrected chi connectivity index (χ2v) is 10.7. The molecule has 0 bridgehead atoms. The fraction of sp³-hybridized carbons (Fsp3) is 0.500. The van der Waals surface area contributed by atoms with Crippen LogP contribution in [0.25, 0.3) is 0 Å². The molecule has 1 aromatic carbocycles. The second-order valence-electron chi connectivity index (χ2n) is 5.28. The third kappa shape index (κ3) is 4.26. The summed E-state index contributed by atoms with van der Waals surface area (Å²) in [6.07, 6.45) is -7.99. The molecule has 20 heavy (non-hydrogen) atoms. The lowest BCUT2D eigenvalue weighted by molar-refractivity contribution is -0.312. The Balaban J connectivity index is 3.25. The van der Waals surface area contributed by atoms with Crippen LogP contribution in [0.1, 0.15) is 11.7 Å². The van der Waals surface area contributed by atoms with Crippen LogP contribution in [0.15, 0.2) is 28.7 Å². The molecule has 8 heteroatoms. The number of hydrogen-bond donors (Lipinski definition) is 0. The molecule has 1 unspecified atom stereocenters. The highest BCUT2D eigenvalue weighted by molar-refractivity contribution is 9.10. The predicted molar refractivity (Wildman–Crippen MR) is 72.3 cm³/mol. The lowest BCUT2D eigenvalue weighted by Gasteiger charge is -2.33. The first-order chi connectivity index (χ1) is 8.84. The summed E-state index contributed by atoms with van der Waals surface area (Å²) in [6.45, 7) is 4.68. The molecule has 1 atom stereocenters. The highest BCUT2D eigenvalue weighted by atomic mass is 79.9. The standard InChI is InChI=1S/C12H14BrF5OSi/c1-20(2,3)19-10(11(14,15)12(16,17)18)8-4-6-9(13)7-5-8/h4-7,10H,1-3H3. The Labute approximate surface area is 123 Å². The van der Waals surface area contributed by atoms with Crippen molar-refractivity contribution in [2.24, 2.45) is 0 Å². The van der Waals surface area contributed by atoms with Gasteiger partial charge < -0.3 is 4.43 Å². The normalized spacial score (nSPS) is 15.2. The van der Waals surface area contributed by atoms with Gasteiger partial charge in [0.25, 0.3) is 0 Å². The molecule has 0 heterocycles. The molecule has 1 aromatic rings. The van der Waals surface area contributed by atoms with Gasteiger partial charge in [-0.2, -0.15) is 22.0 Å².